The zero-order valence-electron chi connectivity index (χ0n) is 14.4. The van der Waals surface area contributed by atoms with Gasteiger partial charge in [-0.3, -0.25) is 4.90 Å². The Hall–Kier alpha value is -1.54. The van der Waals surface area contributed by atoms with Crippen LogP contribution in [0.15, 0.2) is 24.3 Å². The van der Waals surface area contributed by atoms with Gasteiger partial charge in [0.1, 0.15) is 0 Å². The first kappa shape index (κ1) is 22.5. The van der Waals surface area contributed by atoms with E-state index in [1.54, 1.807) is 0 Å². The highest BCUT2D eigenvalue weighted by Gasteiger charge is 2.12. The second-order valence-electron chi connectivity index (χ2n) is 5.53. The van der Waals surface area contributed by atoms with Crippen LogP contribution in [-0.4, -0.2) is 78.2 Å². The first-order valence-electron chi connectivity index (χ1n) is 8.20. The van der Waals surface area contributed by atoms with E-state index in [-0.39, 0.29) is 0 Å². The van der Waals surface area contributed by atoms with Crippen molar-refractivity contribution in [3.05, 3.63) is 29.8 Å². The number of rotatable bonds is 7. The van der Waals surface area contributed by atoms with Crippen LogP contribution in [0.5, 0.6) is 0 Å². The van der Waals surface area contributed by atoms with Crippen molar-refractivity contribution in [1.29, 1.82) is 0 Å². The van der Waals surface area contributed by atoms with Crippen LogP contribution in [-0.2, 0) is 20.9 Å². The number of halogens is 2. The second kappa shape index (κ2) is 12.8. The number of carboxylic acids is 2. The lowest BCUT2D eigenvalue weighted by molar-refractivity contribution is -0.159. The number of alkyl halides is 2. The zero-order chi connectivity index (χ0) is 19.4. The van der Waals surface area contributed by atoms with E-state index >= 15 is 0 Å². The van der Waals surface area contributed by atoms with E-state index < -0.39 is 11.9 Å². The molecule has 1 aromatic carbocycles. The molecule has 1 aromatic rings. The quantitative estimate of drug-likeness (QED) is 0.528. The zero-order valence-corrected chi connectivity index (χ0v) is 16.0. The van der Waals surface area contributed by atoms with Crippen molar-refractivity contribution in [3.63, 3.8) is 0 Å². The van der Waals surface area contributed by atoms with Gasteiger partial charge in [0.05, 0.1) is 13.2 Å². The summed E-state index contributed by atoms with van der Waals surface area (Å²) in [5.41, 5.74) is 2.54. The van der Waals surface area contributed by atoms with Crippen LogP contribution in [0, 0.1) is 0 Å². The van der Waals surface area contributed by atoms with Gasteiger partial charge in [-0.2, -0.15) is 0 Å². The molecule has 2 rings (SSSR count). The maximum atomic E-state index is 9.10. The van der Waals surface area contributed by atoms with Gasteiger partial charge in [0.15, 0.2) is 0 Å². The van der Waals surface area contributed by atoms with Gasteiger partial charge in [0, 0.05) is 50.2 Å². The fraction of sp³-hybridized carbons (Fsp3) is 0.529. The summed E-state index contributed by atoms with van der Waals surface area (Å²) in [4.78, 5) is 22.9. The van der Waals surface area contributed by atoms with Crippen molar-refractivity contribution in [3.8, 4) is 0 Å². The first-order chi connectivity index (χ1) is 12.5. The number of anilines is 1. The molecule has 146 valence electrons. The smallest absolute Gasteiger partial charge is 0.414 e. The molecule has 0 atom stereocenters. The van der Waals surface area contributed by atoms with Gasteiger partial charge in [-0.1, -0.05) is 12.1 Å². The molecule has 1 fully saturated rings. The predicted molar refractivity (Wildman–Crippen MR) is 101 cm³/mol. The van der Waals surface area contributed by atoms with E-state index in [1.165, 1.54) is 11.3 Å². The minimum atomic E-state index is -1.82. The number of aliphatic carboxylic acids is 2. The van der Waals surface area contributed by atoms with Crippen LogP contribution in [0.3, 0.4) is 0 Å². The Labute approximate surface area is 163 Å². The molecular weight excluding hydrogens is 383 g/mol. The van der Waals surface area contributed by atoms with Crippen molar-refractivity contribution in [2.24, 2.45) is 0 Å². The van der Waals surface area contributed by atoms with Crippen molar-refractivity contribution in [1.82, 2.24) is 4.90 Å². The number of ether oxygens (including phenoxy) is 1. The normalized spacial score (nSPS) is 14.2. The molecule has 26 heavy (non-hydrogen) atoms. The Morgan fingerprint density at radius 3 is 2.15 bits per heavy atom. The topological polar surface area (TPSA) is 90.3 Å². The maximum Gasteiger partial charge on any atom is 0.414 e. The average molecular weight is 407 g/mol. The standard InChI is InChI=1S/C15H22Cl2N2O.C2H2O4/c16-4-6-19(7-5-17)15-3-1-2-14(12-15)13-18-8-10-20-11-9-18;3-1(4)2(5)6/h1-3,12H,4-11,13H2;(H,3,4)(H,5,6). The Morgan fingerprint density at radius 2 is 1.65 bits per heavy atom. The van der Waals surface area contributed by atoms with Crippen LogP contribution in [0.4, 0.5) is 5.69 Å². The molecule has 0 aromatic heterocycles. The van der Waals surface area contributed by atoms with Crippen molar-refractivity contribution < 1.29 is 24.5 Å². The Morgan fingerprint density at radius 1 is 1.08 bits per heavy atom. The van der Waals surface area contributed by atoms with Gasteiger partial charge in [-0.05, 0) is 17.7 Å². The first-order valence-corrected chi connectivity index (χ1v) is 9.27. The van der Waals surface area contributed by atoms with Gasteiger partial charge >= 0.3 is 11.9 Å². The fourth-order valence-corrected chi connectivity index (χ4v) is 2.85. The number of carboxylic acid groups (broad SMARTS) is 2. The van der Waals surface area contributed by atoms with Crippen LogP contribution in [0.2, 0.25) is 0 Å². The summed E-state index contributed by atoms with van der Waals surface area (Å²) >= 11 is 11.7. The lowest BCUT2D eigenvalue weighted by atomic mass is 10.1. The third kappa shape index (κ3) is 8.71. The molecule has 7 nitrogen and oxygen atoms in total. The summed E-state index contributed by atoms with van der Waals surface area (Å²) in [6.07, 6.45) is 0. The van der Waals surface area contributed by atoms with Gasteiger partial charge in [-0.15, -0.1) is 23.2 Å². The lowest BCUT2D eigenvalue weighted by Gasteiger charge is -2.28. The lowest BCUT2D eigenvalue weighted by Crippen LogP contribution is -2.35. The Bertz CT molecular complexity index is 550. The van der Waals surface area contributed by atoms with Crippen molar-refractivity contribution in [2.45, 2.75) is 6.54 Å². The summed E-state index contributed by atoms with van der Waals surface area (Å²) in [5, 5.41) is 14.8. The second-order valence-corrected chi connectivity index (χ2v) is 6.29. The molecule has 0 saturated carbocycles. The van der Waals surface area contributed by atoms with E-state index in [0.29, 0.717) is 11.8 Å². The number of nitrogens with zero attached hydrogens (tertiary/aromatic N) is 2. The van der Waals surface area contributed by atoms with Gasteiger partial charge < -0.3 is 19.8 Å². The van der Waals surface area contributed by atoms with Gasteiger partial charge in [0.25, 0.3) is 0 Å². The Kier molecular flexibility index (Phi) is 11.0. The summed E-state index contributed by atoms with van der Waals surface area (Å²) in [6.45, 7) is 6.33. The molecule has 9 heteroatoms. The number of benzene rings is 1. The number of hydrogen-bond acceptors (Lipinski definition) is 5. The molecule has 1 saturated heterocycles. The summed E-state index contributed by atoms with van der Waals surface area (Å²) in [7, 11) is 0. The summed E-state index contributed by atoms with van der Waals surface area (Å²) in [6, 6.07) is 8.66. The maximum absolute atomic E-state index is 9.10. The van der Waals surface area contributed by atoms with E-state index in [9.17, 15) is 0 Å². The Balaban J connectivity index is 0.000000487. The average Bonchev–Trinajstić information content (AvgIpc) is 2.63. The molecule has 1 heterocycles. The van der Waals surface area contributed by atoms with E-state index in [2.05, 4.69) is 34.1 Å². The predicted octanol–water partition coefficient (Wildman–Crippen LogP) is 1.96. The molecule has 0 aliphatic carbocycles. The van der Waals surface area contributed by atoms with Crippen LogP contribution in [0.25, 0.3) is 0 Å². The number of carbonyl (C=O) groups is 2. The molecule has 0 bridgehead atoms. The van der Waals surface area contributed by atoms with Crippen LogP contribution < -0.4 is 4.90 Å². The third-order valence-electron chi connectivity index (χ3n) is 3.68. The number of hydrogen-bond donors (Lipinski definition) is 2. The van der Waals surface area contributed by atoms with E-state index in [0.717, 1.165) is 45.9 Å². The molecule has 2 N–H and O–H groups in total. The number of morpholine rings is 1. The summed E-state index contributed by atoms with van der Waals surface area (Å²) in [5.74, 6) is -2.42. The van der Waals surface area contributed by atoms with Crippen LogP contribution in [0.1, 0.15) is 5.56 Å². The van der Waals surface area contributed by atoms with E-state index in [1.807, 2.05) is 0 Å². The molecular formula is C17H24Cl2N2O5. The molecule has 0 unspecified atom stereocenters. The highest BCUT2D eigenvalue weighted by atomic mass is 35.5. The SMILES string of the molecule is ClCCN(CCCl)c1cccc(CN2CCOCC2)c1.O=C(O)C(=O)O. The summed E-state index contributed by atoms with van der Waals surface area (Å²) < 4.78 is 5.38. The van der Waals surface area contributed by atoms with Crippen LogP contribution >= 0.6 is 23.2 Å². The van der Waals surface area contributed by atoms with Gasteiger partial charge in [-0.25, -0.2) is 9.59 Å². The fourth-order valence-electron chi connectivity index (χ4n) is 2.44. The van der Waals surface area contributed by atoms with Crippen molar-refractivity contribution in [2.75, 3.05) is 56.1 Å². The monoisotopic (exact) mass is 406 g/mol. The minimum absolute atomic E-state index is 0.616. The van der Waals surface area contributed by atoms with Crippen molar-refractivity contribution >= 4 is 40.8 Å². The minimum Gasteiger partial charge on any atom is -0.473 e. The molecule has 0 amide bonds. The highest BCUT2D eigenvalue weighted by Crippen LogP contribution is 2.18. The molecule has 0 spiro atoms. The third-order valence-corrected chi connectivity index (χ3v) is 4.02. The molecule has 1 aliphatic heterocycles. The molecule has 1 aliphatic rings. The van der Waals surface area contributed by atoms with Gasteiger partial charge in [0.2, 0.25) is 0 Å². The largest absolute Gasteiger partial charge is 0.473 e. The highest BCUT2D eigenvalue weighted by molar-refractivity contribution is 6.27. The molecule has 0 radical (unpaired) electrons. The van der Waals surface area contributed by atoms with E-state index in [4.69, 9.17) is 47.7 Å².